The lowest BCUT2D eigenvalue weighted by Crippen LogP contribution is -1.98. The maximum absolute atomic E-state index is 11.4. The van der Waals surface area contributed by atoms with Gasteiger partial charge in [0, 0.05) is 10.2 Å². The van der Waals surface area contributed by atoms with Crippen LogP contribution in [0.3, 0.4) is 0 Å². The molecule has 19 heavy (non-hydrogen) atoms. The number of esters is 1. The third kappa shape index (κ3) is 3.39. The lowest BCUT2D eigenvalue weighted by atomic mass is 10.3. The van der Waals surface area contributed by atoms with Crippen molar-refractivity contribution in [3.8, 4) is 0 Å². The molecule has 1 N–H and O–H groups in total. The third-order valence-electron chi connectivity index (χ3n) is 2.13. The molecule has 100 valence electrons. The van der Waals surface area contributed by atoms with Crippen LogP contribution in [0, 0.1) is 0 Å². The second kappa shape index (κ2) is 6.09. The number of benzene rings is 1. The van der Waals surface area contributed by atoms with Crippen molar-refractivity contribution in [2.75, 3.05) is 12.4 Å². The van der Waals surface area contributed by atoms with Crippen molar-refractivity contribution in [1.29, 1.82) is 0 Å². The van der Waals surface area contributed by atoms with Crippen LogP contribution >= 0.6 is 50.5 Å². The van der Waals surface area contributed by atoms with Gasteiger partial charge in [0.2, 0.25) is 0 Å². The molecule has 0 unspecified atom stereocenters. The Balaban J connectivity index is 2.24. The molecule has 1 aromatic carbocycles. The third-order valence-corrected chi connectivity index (χ3v) is 4.68. The number of methoxy groups -OCH3 is 1. The summed E-state index contributed by atoms with van der Waals surface area (Å²) >= 11 is 16.2. The number of hydrogen-bond donors (Lipinski definition) is 1. The number of nitrogens with zero attached hydrogens (tertiary/aromatic N) is 1. The van der Waals surface area contributed by atoms with Gasteiger partial charge in [0.15, 0.2) is 15.2 Å². The first-order chi connectivity index (χ1) is 9.01. The van der Waals surface area contributed by atoms with E-state index in [1.54, 1.807) is 18.2 Å². The molecule has 0 spiro atoms. The Morgan fingerprint density at radius 2 is 2.21 bits per heavy atom. The number of nitrogens with one attached hydrogen (secondary N) is 1. The van der Waals surface area contributed by atoms with Crippen LogP contribution in [0.2, 0.25) is 10.2 Å². The van der Waals surface area contributed by atoms with Crippen molar-refractivity contribution in [3.63, 3.8) is 0 Å². The zero-order valence-corrected chi connectivity index (χ0v) is 13.5. The van der Waals surface area contributed by atoms with Crippen LogP contribution in [0.4, 0.5) is 10.8 Å². The van der Waals surface area contributed by atoms with E-state index < -0.39 is 5.97 Å². The van der Waals surface area contributed by atoms with Crippen molar-refractivity contribution in [1.82, 2.24) is 4.98 Å². The first kappa shape index (κ1) is 14.6. The summed E-state index contributed by atoms with van der Waals surface area (Å²) in [5.41, 5.74) is 0.776. The molecule has 0 aliphatic carbocycles. The van der Waals surface area contributed by atoms with E-state index >= 15 is 0 Å². The molecule has 1 heterocycles. The fourth-order valence-corrected chi connectivity index (χ4v) is 2.89. The van der Waals surface area contributed by atoms with E-state index in [2.05, 4.69) is 31.0 Å². The van der Waals surface area contributed by atoms with E-state index in [1.807, 2.05) is 0 Å². The Kier molecular flexibility index (Phi) is 4.67. The van der Waals surface area contributed by atoms with Crippen molar-refractivity contribution in [3.05, 3.63) is 37.7 Å². The van der Waals surface area contributed by atoms with Gasteiger partial charge < -0.3 is 10.1 Å². The Morgan fingerprint density at radius 1 is 1.47 bits per heavy atom. The van der Waals surface area contributed by atoms with Crippen LogP contribution in [0.15, 0.2) is 22.7 Å². The molecule has 0 atom stereocenters. The molecule has 0 radical (unpaired) electrons. The van der Waals surface area contributed by atoms with Crippen LogP contribution in [0.1, 0.15) is 9.67 Å². The highest BCUT2D eigenvalue weighted by Crippen LogP contribution is 2.32. The van der Waals surface area contributed by atoms with Crippen molar-refractivity contribution in [2.45, 2.75) is 0 Å². The zero-order valence-electron chi connectivity index (χ0n) is 9.54. The fraction of sp³-hybridized carbons (Fsp3) is 0.0909. The van der Waals surface area contributed by atoms with Gasteiger partial charge in [0.1, 0.15) is 0 Å². The van der Waals surface area contributed by atoms with Crippen LogP contribution in [0.25, 0.3) is 0 Å². The summed E-state index contributed by atoms with van der Waals surface area (Å²) < 4.78 is 5.37. The van der Waals surface area contributed by atoms with Crippen LogP contribution in [0.5, 0.6) is 0 Å². The lowest BCUT2D eigenvalue weighted by molar-refractivity contribution is 0.0606. The molecular formula is C11H7BrCl2N2O2S. The van der Waals surface area contributed by atoms with Crippen LogP contribution < -0.4 is 5.32 Å². The average Bonchev–Trinajstić information content (AvgIpc) is 2.74. The molecular weight excluding hydrogens is 375 g/mol. The monoisotopic (exact) mass is 380 g/mol. The molecule has 2 aromatic rings. The molecule has 0 amide bonds. The molecule has 0 bridgehead atoms. The van der Waals surface area contributed by atoms with E-state index in [9.17, 15) is 4.79 Å². The number of anilines is 2. The molecule has 0 aliphatic heterocycles. The van der Waals surface area contributed by atoms with Gasteiger partial charge in [-0.3, -0.25) is 0 Å². The number of carbonyl (C=O) groups excluding carboxylic acids is 1. The van der Waals surface area contributed by atoms with Crippen LogP contribution in [-0.4, -0.2) is 18.1 Å². The van der Waals surface area contributed by atoms with E-state index in [1.165, 1.54) is 7.11 Å². The highest BCUT2D eigenvalue weighted by molar-refractivity contribution is 9.10. The molecule has 0 saturated carbocycles. The highest BCUT2D eigenvalue weighted by Gasteiger charge is 2.17. The first-order valence-corrected chi connectivity index (χ1v) is 7.34. The topological polar surface area (TPSA) is 51.2 Å². The van der Waals surface area contributed by atoms with E-state index in [-0.39, 0.29) is 10.0 Å². The fourth-order valence-electron chi connectivity index (χ4n) is 1.27. The van der Waals surface area contributed by atoms with Crippen molar-refractivity contribution >= 4 is 67.3 Å². The van der Waals surface area contributed by atoms with E-state index in [0.29, 0.717) is 10.2 Å². The minimum absolute atomic E-state index is 0.118. The second-order valence-corrected chi connectivity index (χ2v) is 6.00. The van der Waals surface area contributed by atoms with E-state index in [0.717, 1.165) is 21.5 Å². The number of halogens is 3. The summed E-state index contributed by atoms with van der Waals surface area (Å²) in [6, 6.07) is 5.33. The quantitative estimate of drug-likeness (QED) is 0.780. The predicted molar refractivity (Wildman–Crippen MR) is 80.9 cm³/mol. The number of ether oxygens (including phenoxy) is 1. The summed E-state index contributed by atoms with van der Waals surface area (Å²) in [4.78, 5) is 15.7. The number of carbonyl (C=O) groups is 1. The molecule has 4 nitrogen and oxygen atoms in total. The summed E-state index contributed by atoms with van der Waals surface area (Å²) in [6.45, 7) is 0. The zero-order chi connectivity index (χ0) is 14.0. The largest absolute Gasteiger partial charge is 0.465 e. The smallest absolute Gasteiger partial charge is 0.351 e. The number of hydrogen-bond acceptors (Lipinski definition) is 5. The second-order valence-electron chi connectivity index (χ2n) is 3.38. The number of thiazole rings is 1. The van der Waals surface area contributed by atoms with Gasteiger partial charge in [-0.15, -0.1) is 0 Å². The van der Waals surface area contributed by atoms with Crippen LogP contribution in [-0.2, 0) is 4.74 Å². The number of aromatic nitrogens is 1. The van der Waals surface area contributed by atoms with Gasteiger partial charge >= 0.3 is 5.97 Å². The molecule has 2 rings (SSSR count). The summed E-state index contributed by atoms with van der Waals surface area (Å²) in [5.74, 6) is -0.507. The molecule has 1 aromatic heterocycles. The van der Waals surface area contributed by atoms with Gasteiger partial charge in [0.25, 0.3) is 0 Å². The highest BCUT2D eigenvalue weighted by atomic mass is 79.9. The molecule has 0 saturated heterocycles. The van der Waals surface area contributed by atoms with Gasteiger partial charge in [0.05, 0.1) is 12.1 Å². The SMILES string of the molecule is COC(=O)c1sc(Nc2ccc(Cl)c(Br)c2)nc1Cl. The Bertz CT molecular complexity index is 633. The lowest BCUT2D eigenvalue weighted by Gasteiger charge is -2.03. The van der Waals surface area contributed by atoms with Gasteiger partial charge in [-0.2, -0.15) is 0 Å². The Hall–Kier alpha value is -0.820. The Morgan fingerprint density at radius 3 is 2.84 bits per heavy atom. The van der Waals surface area contributed by atoms with Crippen molar-refractivity contribution in [2.24, 2.45) is 0 Å². The number of rotatable bonds is 3. The normalized spacial score (nSPS) is 10.3. The maximum Gasteiger partial charge on any atom is 0.351 e. The minimum atomic E-state index is -0.507. The molecule has 8 heteroatoms. The summed E-state index contributed by atoms with van der Waals surface area (Å²) in [7, 11) is 1.29. The average molecular weight is 382 g/mol. The predicted octanol–water partition coefficient (Wildman–Crippen LogP) is 4.74. The van der Waals surface area contributed by atoms with Gasteiger partial charge in [-0.25, -0.2) is 9.78 Å². The summed E-state index contributed by atoms with van der Waals surface area (Å²) in [6.07, 6.45) is 0. The maximum atomic E-state index is 11.4. The molecule has 0 fully saturated rings. The van der Waals surface area contributed by atoms with Gasteiger partial charge in [-0.1, -0.05) is 34.5 Å². The minimum Gasteiger partial charge on any atom is -0.465 e. The van der Waals surface area contributed by atoms with Crippen molar-refractivity contribution < 1.29 is 9.53 Å². The Labute approximate surface area is 131 Å². The first-order valence-electron chi connectivity index (χ1n) is 4.98. The van der Waals surface area contributed by atoms with E-state index in [4.69, 9.17) is 23.2 Å². The standard InChI is InChI=1S/C11H7BrCl2N2O2S/c1-18-10(17)8-9(14)16-11(19-8)15-5-2-3-7(13)6(12)4-5/h2-4H,1H3,(H,15,16). The summed E-state index contributed by atoms with van der Waals surface area (Å²) in [5, 5.41) is 4.27. The van der Waals surface area contributed by atoms with Gasteiger partial charge in [-0.05, 0) is 34.1 Å². The molecule has 0 aliphatic rings.